The number of aryl methyl sites for hydroxylation is 3. The molecule has 0 bridgehead atoms. The number of nitrogens with zero attached hydrogens (tertiary/aromatic N) is 4. The van der Waals surface area contributed by atoms with Gasteiger partial charge in [0.2, 0.25) is 0 Å². The molecule has 0 spiro atoms. The lowest BCUT2D eigenvalue weighted by Gasteiger charge is -2.24. The van der Waals surface area contributed by atoms with Crippen LogP contribution >= 0.6 is 0 Å². The number of aromatic nitrogens is 3. The molecule has 30 heavy (non-hydrogen) atoms. The van der Waals surface area contributed by atoms with E-state index in [0.717, 1.165) is 42.0 Å². The Morgan fingerprint density at radius 3 is 2.80 bits per heavy atom. The molecule has 0 N–H and O–H groups in total. The number of benzene rings is 1. The molecule has 8 nitrogen and oxygen atoms in total. The van der Waals surface area contributed by atoms with E-state index in [4.69, 9.17) is 14.0 Å². The fourth-order valence-corrected chi connectivity index (χ4v) is 3.91. The van der Waals surface area contributed by atoms with E-state index in [1.165, 1.54) is 0 Å². The van der Waals surface area contributed by atoms with E-state index < -0.39 is 0 Å². The van der Waals surface area contributed by atoms with Gasteiger partial charge < -0.3 is 18.9 Å². The molecule has 1 fully saturated rings. The van der Waals surface area contributed by atoms with Gasteiger partial charge in [0.15, 0.2) is 11.5 Å². The van der Waals surface area contributed by atoms with E-state index in [0.29, 0.717) is 23.7 Å². The van der Waals surface area contributed by atoms with Crippen molar-refractivity contribution in [2.24, 2.45) is 7.05 Å². The molecular formula is C22H26N4O4. The first-order chi connectivity index (χ1) is 14.5. The third-order valence-electron chi connectivity index (χ3n) is 5.59. The fourth-order valence-electron chi connectivity index (χ4n) is 3.91. The Kier molecular flexibility index (Phi) is 5.48. The van der Waals surface area contributed by atoms with Crippen molar-refractivity contribution in [2.45, 2.75) is 39.3 Å². The third-order valence-corrected chi connectivity index (χ3v) is 5.59. The maximum Gasteiger partial charge on any atom is 0.254 e. The van der Waals surface area contributed by atoms with Crippen LogP contribution in [0.3, 0.4) is 0 Å². The normalized spacial score (nSPS) is 16.1. The summed E-state index contributed by atoms with van der Waals surface area (Å²) in [7, 11) is 3.46. The van der Waals surface area contributed by atoms with Gasteiger partial charge in [-0.15, -0.1) is 0 Å². The summed E-state index contributed by atoms with van der Waals surface area (Å²) >= 11 is 0. The Hall–Kier alpha value is -3.29. The zero-order valence-electron chi connectivity index (χ0n) is 17.7. The van der Waals surface area contributed by atoms with Crippen LogP contribution in [-0.2, 0) is 13.7 Å². The van der Waals surface area contributed by atoms with Crippen LogP contribution in [0.15, 0.2) is 35.1 Å². The summed E-state index contributed by atoms with van der Waals surface area (Å²) in [4.78, 5) is 15.1. The van der Waals surface area contributed by atoms with Gasteiger partial charge in [0, 0.05) is 30.9 Å². The van der Waals surface area contributed by atoms with Gasteiger partial charge in [-0.25, -0.2) is 0 Å². The lowest BCUT2D eigenvalue weighted by atomic mass is 10.1. The van der Waals surface area contributed by atoms with Crippen LogP contribution in [0, 0.1) is 13.8 Å². The lowest BCUT2D eigenvalue weighted by Crippen LogP contribution is -2.30. The molecule has 1 aromatic carbocycles. The summed E-state index contributed by atoms with van der Waals surface area (Å²) in [5.74, 6) is 1.80. The van der Waals surface area contributed by atoms with Gasteiger partial charge in [-0.05, 0) is 44.9 Å². The topological polar surface area (TPSA) is 82.6 Å². The van der Waals surface area contributed by atoms with Gasteiger partial charge in [-0.2, -0.15) is 5.10 Å². The number of methoxy groups -OCH3 is 1. The van der Waals surface area contributed by atoms with E-state index in [1.54, 1.807) is 30.0 Å². The predicted octanol–water partition coefficient (Wildman–Crippen LogP) is 3.59. The van der Waals surface area contributed by atoms with Crippen LogP contribution in [-0.4, -0.2) is 39.4 Å². The molecule has 1 aliphatic rings. The highest BCUT2D eigenvalue weighted by Gasteiger charge is 2.31. The average Bonchev–Trinajstić information content (AvgIpc) is 3.47. The zero-order valence-corrected chi connectivity index (χ0v) is 17.7. The van der Waals surface area contributed by atoms with Gasteiger partial charge in [0.25, 0.3) is 5.91 Å². The maximum absolute atomic E-state index is 13.2. The molecule has 0 radical (unpaired) electrons. The first-order valence-electron chi connectivity index (χ1n) is 10.00. The standard InChI is InChI=1S/C22H26N4O4/c1-14-18(15(2)30-24-14)13-29-20-8-7-16(10-21(20)28-4)22(27)26-9-5-6-19(26)17-11-23-25(3)12-17/h7-8,10-12,19H,5-6,9,13H2,1-4H3. The van der Waals surface area contributed by atoms with E-state index >= 15 is 0 Å². The van der Waals surface area contributed by atoms with Crippen molar-refractivity contribution < 1.29 is 18.8 Å². The quantitative estimate of drug-likeness (QED) is 0.618. The Morgan fingerprint density at radius 1 is 1.30 bits per heavy atom. The molecule has 1 saturated heterocycles. The minimum Gasteiger partial charge on any atom is -0.493 e. The van der Waals surface area contributed by atoms with Crippen LogP contribution in [0.5, 0.6) is 11.5 Å². The van der Waals surface area contributed by atoms with Gasteiger partial charge in [-0.3, -0.25) is 9.48 Å². The Labute approximate surface area is 175 Å². The van der Waals surface area contributed by atoms with Gasteiger partial charge >= 0.3 is 0 Å². The van der Waals surface area contributed by atoms with Gasteiger partial charge in [0.05, 0.1) is 30.6 Å². The smallest absolute Gasteiger partial charge is 0.254 e. The van der Waals surface area contributed by atoms with Crippen molar-refractivity contribution in [3.63, 3.8) is 0 Å². The Balaban J connectivity index is 1.52. The molecule has 0 saturated carbocycles. The highest BCUT2D eigenvalue weighted by atomic mass is 16.5. The van der Waals surface area contributed by atoms with Gasteiger partial charge in [0.1, 0.15) is 12.4 Å². The van der Waals surface area contributed by atoms with E-state index in [9.17, 15) is 4.79 Å². The molecule has 158 valence electrons. The molecule has 1 amide bonds. The monoisotopic (exact) mass is 410 g/mol. The molecule has 1 unspecified atom stereocenters. The minimum atomic E-state index is -0.0167. The second kappa shape index (κ2) is 8.22. The number of carbonyl (C=O) groups excluding carboxylic acids is 1. The number of rotatable bonds is 6. The van der Waals surface area contributed by atoms with E-state index in [1.807, 2.05) is 38.2 Å². The predicted molar refractivity (Wildman–Crippen MR) is 110 cm³/mol. The van der Waals surface area contributed by atoms with E-state index in [2.05, 4.69) is 10.3 Å². The Bertz CT molecular complexity index is 1040. The molecule has 1 aliphatic heterocycles. The van der Waals surface area contributed by atoms with Crippen LogP contribution < -0.4 is 9.47 Å². The van der Waals surface area contributed by atoms with Crippen molar-refractivity contribution in [1.29, 1.82) is 0 Å². The van der Waals surface area contributed by atoms with Crippen molar-refractivity contribution in [3.05, 3.63) is 58.7 Å². The van der Waals surface area contributed by atoms with Crippen molar-refractivity contribution in [1.82, 2.24) is 19.8 Å². The van der Waals surface area contributed by atoms with Crippen LogP contribution in [0.25, 0.3) is 0 Å². The SMILES string of the molecule is COc1cc(C(=O)N2CCCC2c2cnn(C)c2)ccc1OCc1c(C)noc1C. The highest BCUT2D eigenvalue weighted by molar-refractivity contribution is 5.95. The highest BCUT2D eigenvalue weighted by Crippen LogP contribution is 2.35. The average molecular weight is 410 g/mol. The molecule has 0 aliphatic carbocycles. The first-order valence-corrected chi connectivity index (χ1v) is 10.00. The number of ether oxygens (including phenoxy) is 2. The van der Waals surface area contributed by atoms with Crippen LogP contribution in [0.2, 0.25) is 0 Å². The molecule has 3 aromatic rings. The summed E-state index contributed by atoms with van der Waals surface area (Å²) in [5, 5.41) is 8.20. The zero-order chi connectivity index (χ0) is 21.3. The van der Waals surface area contributed by atoms with Gasteiger partial charge in [-0.1, -0.05) is 5.16 Å². The molecule has 8 heteroatoms. The number of carbonyl (C=O) groups is 1. The summed E-state index contributed by atoms with van der Waals surface area (Å²) in [6.07, 6.45) is 5.72. The minimum absolute atomic E-state index is 0.0167. The fraction of sp³-hybridized carbons (Fsp3) is 0.409. The van der Waals surface area contributed by atoms with Crippen molar-refractivity contribution in [2.75, 3.05) is 13.7 Å². The second-order valence-electron chi connectivity index (χ2n) is 7.56. The summed E-state index contributed by atoms with van der Waals surface area (Å²) < 4.78 is 18.4. The number of hydrogen-bond donors (Lipinski definition) is 0. The summed E-state index contributed by atoms with van der Waals surface area (Å²) in [6, 6.07) is 5.35. The third kappa shape index (κ3) is 3.77. The van der Waals surface area contributed by atoms with Crippen molar-refractivity contribution in [3.8, 4) is 11.5 Å². The van der Waals surface area contributed by atoms with Crippen LogP contribution in [0.1, 0.15) is 51.8 Å². The molecule has 2 aromatic heterocycles. The number of hydrogen-bond acceptors (Lipinski definition) is 6. The number of amides is 1. The van der Waals surface area contributed by atoms with Crippen LogP contribution in [0.4, 0.5) is 0 Å². The Morgan fingerprint density at radius 2 is 2.13 bits per heavy atom. The number of likely N-dealkylation sites (tertiary alicyclic amines) is 1. The molecule has 1 atom stereocenters. The first kappa shape index (κ1) is 20.0. The van der Waals surface area contributed by atoms with E-state index in [-0.39, 0.29) is 11.9 Å². The largest absolute Gasteiger partial charge is 0.493 e. The summed E-state index contributed by atoms with van der Waals surface area (Å²) in [5.41, 5.74) is 3.35. The second-order valence-corrected chi connectivity index (χ2v) is 7.56. The molecule has 3 heterocycles. The molecule has 4 rings (SSSR count). The van der Waals surface area contributed by atoms with Crippen molar-refractivity contribution >= 4 is 5.91 Å². The maximum atomic E-state index is 13.2. The lowest BCUT2D eigenvalue weighted by molar-refractivity contribution is 0.0735. The molecular weight excluding hydrogens is 384 g/mol. The summed E-state index contributed by atoms with van der Waals surface area (Å²) in [6.45, 7) is 4.78.